The third-order valence-corrected chi connectivity index (χ3v) is 3.07. The highest BCUT2D eigenvalue weighted by atomic mass is 35.5. The quantitative estimate of drug-likeness (QED) is 0.589. The smallest absolute Gasteiger partial charge is 0.287 e. The lowest BCUT2D eigenvalue weighted by molar-refractivity contribution is -0.384. The second-order valence-corrected chi connectivity index (χ2v) is 4.81. The zero-order valence-corrected chi connectivity index (χ0v) is 12.6. The standard InChI is InChI=1S/C14H13ClN2O6/c15-11-7-9(17(20)21)1-3-12(11)22-8-10-2-4-13(23-10)14(19)16-5-6-18/h1-4,7,18H,5-6,8H2,(H,16,19). The van der Waals surface area contributed by atoms with Crippen molar-refractivity contribution in [3.05, 3.63) is 57.0 Å². The highest BCUT2D eigenvalue weighted by Gasteiger charge is 2.13. The molecule has 1 aromatic carbocycles. The van der Waals surface area contributed by atoms with E-state index in [2.05, 4.69) is 5.32 Å². The van der Waals surface area contributed by atoms with Crippen molar-refractivity contribution in [3.8, 4) is 5.75 Å². The number of aliphatic hydroxyl groups excluding tert-OH is 1. The Morgan fingerprint density at radius 2 is 2.17 bits per heavy atom. The third-order valence-electron chi connectivity index (χ3n) is 2.78. The van der Waals surface area contributed by atoms with Crippen molar-refractivity contribution in [1.82, 2.24) is 5.32 Å². The van der Waals surface area contributed by atoms with Gasteiger partial charge in [0.1, 0.15) is 18.1 Å². The Bertz CT molecular complexity index is 715. The van der Waals surface area contributed by atoms with Gasteiger partial charge >= 0.3 is 0 Å². The number of benzene rings is 1. The fourth-order valence-corrected chi connectivity index (χ4v) is 1.93. The number of carbonyl (C=O) groups is 1. The summed E-state index contributed by atoms with van der Waals surface area (Å²) < 4.78 is 10.7. The van der Waals surface area contributed by atoms with Gasteiger partial charge in [-0.1, -0.05) is 11.6 Å². The first-order valence-electron chi connectivity index (χ1n) is 6.55. The molecule has 0 atom stereocenters. The molecule has 0 radical (unpaired) electrons. The number of aliphatic hydroxyl groups is 1. The van der Waals surface area contributed by atoms with E-state index in [1.54, 1.807) is 6.07 Å². The molecule has 0 bridgehead atoms. The average molecular weight is 341 g/mol. The number of amides is 1. The first kappa shape index (κ1) is 16.8. The second kappa shape index (κ2) is 7.61. The summed E-state index contributed by atoms with van der Waals surface area (Å²) in [5.74, 6) is 0.291. The van der Waals surface area contributed by atoms with E-state index in [9.17, 15) is 14.9 Å². The topological polar surface area (TPSA) is 115 Å². The number of hydrogen-bond donors (Lipinski definition) is 2. The molecular formula is C14H13ClN2O6. The molecule has 2 aromatic rings. The van der Waals surface area contributed by atoms with Crippen LogP contribution in [0.15, 0.2) is 34.7 Å². The lowest BCUT2D eigenvalue weighted by Crippen LogP contribution is -2.25. The van der Waals surface area contributed by atoms with Gasteiger partial charge in [0.05, 0.1) is 16.6 Å². The molecule has 0 aliphatic rings. The number of furan rings is 1. The Kier molecular flexibility index (Phi) is 5.56. The van der Waals surface area contributed by atoms with E-state index in [-0.39, 0.29) is 42.0 Å². The van der Waals surface area contributed by atoms with Crippen molar-refractivity contribution >= 4 is 23.2 Å². The number of nitrogens with one attached hydrogen (secondary N) is 1. The summed E-state index contributed by atoms with van der Waals surface area (Å²) in [4.78, 5) is 21.7. The summed E-state index contributed by atoms with van der Waals surface area (Å²) in [5, 5.41) is 21.8. The van der Waals surface area contributed by atoms with Crippen LogP contribution >= 0.6 is 11.6 Å². The Balaban J connectivity index is 1.97. The normalized spacial score (nSPS) is 10.3. The Morgan fingerprint density at radius 3 is 2.83 bits per heavy atom. The molecule has 9 heteroatoms. The highest BCUT2D eigenvalue weighted by Crippen LogP contribution is 2.29. The highest BCUT2D eigenvalue weighted by molar-refractivity contribution is 6.32. The number of nitro groups is 1. The molecule has 8 nitrogen and oxygen atoms in total. The fraction of sp³-hybridized carbons (Fsp3) is 0.214. The summed E-state index contributed by atoms with van der Waals surface area (Å²) in [6.07, 6.45) is 0. The number of carbonyl (C=O) groups excluding carboxylic acids is 1. The molecule has 0 spiro atoms. The summed E-state index contributed by atoms with van der Waals surface area (Å²) >= 11 is 5.90. The summed E-state index contributed by atoms with van der Waals surface area (Å²) in [6.45, 7) is -0.0321. The molecule has 23 heavy (non-hydrogen) atoms. The van der Waals surface area contributed by atoms with Crippen LogP contribution in [0.5, 0.6) is 5.75 Å². The molecule has 0 fully saturated rings. The van der Waals surface area contributed by atoms with Gasteiger partial charge in [-0.25, -0.2) is 0 Å². The van der Waals surface area contributed by atoms with Gasteiger partial charge in [-0.15, -0.1) is 0 Å². The summed E-state index contributed by atoms with van der Waals surface area (Å²) in [5.41, 5.74) is -0.136. The number of nitrogens with zero attached hydrogens (tertiary/aromatic N) is 1. The van der Waals surface area contributed by atoms with Crippen molar-refractivity contribution in [1.29, 1.82) is 0 Å². The van der Waals surface area contributed by atoms with E-state index in [1.165, 1.54) is 24.3 Å². The third kappa shape index (κ3) is 4.44. The number of nitro benzene ring substituents is 1. The van der Waals surface area contributed by atoms with Gasteiger partial charge in [-0.05, 0) is 18.2 Å². The monoisotopic (exact) mass is 340 g/mol. The molecule has 0 saturated heterocycles. The second-order valence-electron chi connectivity index (χ2n) is 4.41. The molecule has 2 rings (SSSR count). The summed E-state index contributed by atoms with van der Waals surface area (Å²) in [6, 6.07) is 6.89. The zero-order chi connectivity index (χ0) is 16.8. The van der Waals surface area contributed by atoms with E-state index in [1.807, 2.05) is 0 Å². The molecule has 1 heterocycles. The van der Waals surface area contributed by atoms with Crippen LogP contribution in [-0.4, -0.2) is 29.1 Å². The van der Waals surface area contributed by atoms with Gasteiger partial charge in [0, 0.05) is 18.7 Å². The van der Waals surface area contributed by atoms with Crippen LogP contribution in [0.25, 0.3) is 0 Å². The molecule has 122 valence electrons. The van der Waals surface area contributed by atoms with E-state index in [4.69, 9.17) is 25.9 Å². The first-order chi connectivity index (χ1) is 11.0. The van der Waals surface area contributed by atoms with Crippen molar-refractivity contribution < 1.29 is 24.0 Å². The fourth-order valence-electron chi connectivity index (χ4n) is 1.70. The van der Waals surface area contributed by atoms with E-state index in [0.717, 1.165) is 0 Å². The molecule has 0 aliphatic heterocycles. The Labute approximate surface area is 135 Å². The molecule has 1 amide bonds. The van der Waals surface area contributed by atoms with E-state index < -0.39 is 10.8 Å². The van der Waals surface area contributed by atoms with Gasteiger partial charge in [-0.2, -0.15) is 0 Å². The summed E-state index contributed by atoms with van der Waals surface area (Å²) in [7, 11) is 0. The number of rotatable bonds is 7. The first-order valence-corrected chi connectivity index (χ1v) is 6.93. The maximum atomic E-state index is 11.6. The predicted molar refractivity (Wildman–Crippen MR) is 80.6 cm³/mol. The van der Waals surface area contributed by atoms with Crippen LogP contribution in [0.1, 0.15) is 16.3 Å². The molecule has 2 N–H and O–H groups in total. The van der Waals surface area contributed by atoms with Gasteiger partial charge in [0.15, 0.2) is 5.76 Å². The molecule has 0 unspecified atom stereocenters. The van der Waals surface area contributed by atoms with Crippen LogP contribution in [-0.2, 0) is 6.61 Å². The van der Waals surface area contributed by atoms with Crippen LogP contribution in [0, 0.1) is 10.1 Å². The molecular weight excluding hydrogens is 328 g/mol. The SMILES string of the molecule is O=C(NCCO)c1ccc(COc2ccc([N+](=O)[O-])cc2Cl)o1. The van der Waals surface area contributed by atoms with Crippen LogP contribution in [0.4, 0.5) is 5.69 Å². The molecule has 0 saturated carbocycles. The minimum absolute atomic E-state index is 0.00477. The average Bonchev–Trinajstić information content (AvgIpc) is 3.00. The lowest BCUT2D eigenvalue weighted by Gasteiger charge is -2.06. The van der Waals surface area contributed by atoms with Crippen LogP contribution in [0.3, 0.4) is 0 Å². The Hall–Kier alpha value is -2.58. The van der Waals surface area contributed by atoms with Crippen LogP contribution < -0.4 is 10.1 Å². The van der Waals surface area contributed by atoms with Crippen molar-refractivity contribution in [2.45, 2.75) is 6.61 Å². The maximum Gasteiger partial charge on any atom is 0.287 e. The molecule has 1 aromatic heterocycles. The van der Waals surface area contributed by atoms with Crippen LogP contribution in [0.2, 0.25) is 5.02 Å². The minimum atomic E-state index is -0.556. The largest absolute Gasteiger partial charge is 0.484 e. The zero-order valence-electron chi connectivity index (χ0n) is 11.8. The van der Waals surface area contributed by atoms with Crippen molar-refractivity contribution in [3.63, 3.8) is 0 Å². The van der Waals surface area contributed by atoms with Gasteiger partial charge < -0.3 is 19.6 Å². The van der Waals surface area contributed by atoms with Crippen molar-refractivity contribution in [2.24, 2.45) is 0 Å². The maximum absolute atomic E-state index is 11.6. The predicted octanol–water partition coefficient (Wildman–Crippen LogP) is 2.14. The van der Waals surface area contributed by atoms with Gasteiger partial charge in [0.2, 0.25) is 0 Å². The van der Waals surface area contributed by atoms with Gasteiger partial charge in [-0.3, -0.25) is 14.9 Å². The number of halogens is 1. The molecule has 0 aliphatic carbocycles. The van der Waals surface area contributed by atoms with Crippen molar-refractivity contribution in [2.75, 3.05) is 13.2 Å². The van der Waals surface area contributed by atoms with E-state index >= 15 is 0 Å². The minimum Gasteiger partial charge on any atom is -0.484 e. The number of non-ortho nitro benzene ring substituents is 1. The van der Waals surface area contributed by atoms with E-state index in [0.29, 0.717) is 5.76 Å². The Morgan fingerprint density at radius 1 is 1.39 bits per heavy atom. The lowest BCUT2D eigenvalue weighted by atomic mass is 10.3. The van der Waals surface area contributed by atoms with Gasteiger partial charge in [0.25, 0.3) is 11.6 Å². The number of hydrogen-bond acceptors (Lipinski definition) is 6. The number of ether oxygens (including phenoxy) is 1.